The number of hydrogen-bond donors (Lipinski definition) is 14. The van der Waals surface area contributed by atoms with Gasteiger partial charge in [-0.1, -0.05) is 96.1 Å². The van der Waals surface area contributed by atoms with Crippen molar-refractivity contribution in [1.82, 2.24) is 42.5 Å². The van der Waals surface area contributed by atoms with E-state index in [9.17, 15) is 68.7 Å². The number of phenolic OH excluding ortho intramolecular Hbond substituents is 2. The molecule has 404 valence electrons. The van der Waals surface area contributed by atoms with Gasteiger partial charge in [-0.2, -0.15) is 0 Å². The molecule has 0 saturated heterocycles. The second kappa shape index (κ2) is 29.2. The predicted molar refractivity (Wildman–Crippen MR) is 269 cm³/mol. The number of aliphatic hydroxyl groups excluding tert-OH is 2. The van der Waals surface area contributed by atoms with Crippen molar-refractivity contribution in [1.29, 1.82) is 0 Å². The molecule has 15 N–H and O–H groups in total. The Morgan fingerprint density at radius 2 is 0.851 bits per heavy atom. The number of aliphatic hydroxyl groups is 2. The lowest BCUT2D eigenvalue weighted by Gasteiger charge is -2.29. The Kier molecular flexibility index (Phi) is 23.9. The Labute approximate surface area is 429 Å². The number of aliphatic carboxylic acids is 1. The van der Waals surface area contributed by atoms with Crippen molar-refractivity contribution in [2.75, 3.05) is 13.2 Å². The van der Waals surface area contributed by atoms with Crippen LogP contribution in [0.25, 0.3) is 0 Å². The largest absolute Gasteiger partial charge is 0.508 e. The van der Waals surface area contributed by atoms with Gasteiger partial charge in [-0.15, -0.1) is 0 Å². The van der Waals surface area contributed by atoms with E-state index in [2.05, 4.69) is 42.5 Å². The molecule has 0 aromatic heterocycles. The number of benzene rings is 3. The van der Waals surface area contributed by atoms with Crippen LogP contribution in [0, 0.1) is 17.8 Å². The van der Waals surface area contributed by atoms with Gasteiger partial charge in [0.1, 0.15) is 53.8 Å². The van der Waals surface area contributed by atoms with E-state index in [4.69, 9.17) is 5.73 Å². The molecular formula is C51H71N9O14. The molecular weight excluding hydrogens is 963 g/mol. The molecule has 3 aromatic carbocycles. The lowest BCUT2D eigenvalue weighted by atomic mass is 9.99. The maximum atomic E-state index is 13.8. The van der Waals surface area contributed by atoms with Gasteiger partial charge >= 0.3 is 5.97 Å². The van der Waals surface area contributed by atoms with Gasteiger partial charge in [0.2, 0.25) is 47.3 Å². The number of aromatic hydroxyl groups is 2. The number of amides is 8. The molecule has 0 spiro atoms. The van der Waals surface area contributed by atoms with Crippen molar-refractivity contribution in [3.63, 3.8) is 0 Å². The highest BCUT2D eigenvalue weighted by Gasteiger charge is 2.36. The van der Waals surface area contributed by atoms with E-state index >= 15 is 0 Å². The summed E-state index contributed by atoms with van der Waals surface area (Å²) in [5, 5.41) is 70.0. The zero-order valence-corrected chi connectivity index (χ0v) is 42.5. The number of carbonyl (C=O) groups is 9. The third kappa shape index (κ3) is 19.4. The number of nitrogens with two attached hydrogens (primary N) is 1. The van der Waals surface area contributed by atoms with Gasteiger partial charge in [0, 0.05) is 19.3 Å². The van der Waals surface area contributed by atoms with Gasteiger partial charge in [-0.05, 0) is 65.6 Å². The fourth-order valence-corrected chi connectivity index (χ4v) is 7.25. The molecule has 9 atom stereocenters. The van der Waals surface area contributed by atoms with Crippen LogP contribution < -0.4 is 48.3 Å². The van der Waals surface area contributed by atoms with Crippen molar-refractivity contribution in [2.24, 2.45) is 23.5 Å². The minimum absolute atomic E-state index is 0.0465. The zero-order chi connectivity index (χ0) is 55.4. The number of hydrogen-bond acceptors (Lipinski definition) is 14. The van der Waals surface area contributed by atoms with E-state index in [-0.39, 0.29) is 36.7 Å². The van der Waals surface area contributed by atoms with Crippen molar-refractivity contribution in [2.45, 2.75) is 122 Å². The molecule has 0 aliphatic heterocycles. The molecule has 0 heterocycles. The zero-order valence-electron chi connectivity index (χ0n) is 42.5. The highest BCUT2D eigenvalue weighted by molar-refractivity contribution is 5.98. The molecule has 3 rings (SSSR count). The molecule has 74 heavy (non-hydrogen) atoms. The highest BCUT2D eigenvalue weighted by Crippen LogP contribution is 2.15. The minimum Gasteiger partial charge on any atom is -0.508 e. The molecule has 23 heteroatoms. The first-order chi connectivity index (χ1) is 34.8. The highest BCUT2D eigenvalue weighted by atomic mass is 16.4. The monoisotopic (exact) mass is 1030 g/mol. The normalized spacial score (nSPS) is 14.9. The molecule has 0 aliphatic carbocycles. The van der Waals surface area contributed by atoms with E-state index in [1.807, 2.05) is 0 Å². The summed E-state index contributed by atoms with van der Waals surface area (Å²) in [4.78, 5) is 120. The van der Waals surface area contributed by atoms with Crippen LogP contribution in [-0.2, 0) is 62.4 Å². The number of carboxylic acids is 1. The van der Waals surface area contributed by atoms with Gasteiger partial charge in [0.15, 0.2) is 0 Å². The number of phenols is 2. The fourth-order valence-electron chi connectivity index (χ4n) is 7.25. The summed E-state index contributed by atoms with van der Waals surface area (Å²) >= 11 is 0. The molecule has 0 fully saturated rings. The average molecular weight is 1030 g/mol. The number of carboxylic acid groups (broad SMARTS) is 1. The van der Waals surface area contributed by atoms with Crippen LogP contribution in [0.3, 0.4) is 0 Å². The quantitative estimate of drug-likeness (QED) is 0.0389. The average Bonchev–Trinajstić information content (AvgIpc) is 3.34. The summed E-state index contributed by atoms with van der Waals surface area (Å²) in [6, 6.07) is 8.77. The van der Waals surface area contributed by atoms with Crippen LogP contribution in [0.15, 0.2) is 78.9 Å². The van der Waals surface area contributed by atoms with E-state index in [0.717, 1.165) is 0 Å². The fraction of sp³-hybridized carbons (Fsp3) is 0.471. The lowest BCUT2D eigenvalue weighted by molar-refractivity contribution is -0.142. The van der Waals surface area contributed by atoms with Crippen LogP contribution >= 0.6 is 0 Å². The van der Waals surface area contributed by atoms with E-state index in [0.29, 0.717) is 16.7 Å². The molecule has 0 unspecified atom stereocenters. The third-order valence-corrected chi connectivity index (χ3v) is 11.8. The molecule has 0 radical (unpaired) electrons. The third-order valence-electron chi connectivity index (χ3n) is 11.8. The first-order valence-electron chi connectivity index (χ1n) is 24.1. The molecule has 0 bridgehead atoms. The SMILES string of the molecule is CC(C)[C@H](N)C(=O)N[C@@H](Cc1ccc(O)cc1)C(=O)N[C@@H](CO)C(=O)N[C@@H](Cc1ccc(O)cc1)C(=O)NCC(=O)N[C@H](C(=O)N[C@H](C(=O)N[C@H](C(=O)N[C@@H](Cc1ccccc1)C(=O)O)C(C)C)[C@@H](C)O)C(C)C. The first kappa shape index (κ1) is 60.7. The van der Waals surface area contributed by atoms with Gasteiger partial charge < -0.3 is 73.8 Å². The summed E-state index contributed by atoms with van der Waals surface area (Å²) in [7, 11) is 0. The molecule has 0 saturated carbocycles. The number of carbonyl (C=O) groups excluding carboxylic acids is 8. The van der Waals surface area contributed by atoms with Crippen molar-refractivity contribution in [3.8, 4) is 11.5 Å². The number of nitrogens with one attached hydrogen (secondary N) is 8. The smallest absolute Gasteiger partial charge is 0.326 e. The van der Waals surface area contributed by atoms with Crippen molar-refractivity contribution in [3.05, 3.63) is 95.6 Å². The lowest BCUT2D eigenvalue weighted by Crippen LogP contribution is -2.62. The minimum atomic E-state index is -1.68. The van der Waals surface area contributed by atoms with E-state index in [1.165, 1.54) is 55.5 Å². The predicted octanol–water partition coefficient (Wildman–Crippen LogP) is -1.61. The maximum absolute atomic E-state index is 13.8. The summed E-state index contributed by atoms with van der Waals surface area (Å²) in [6.07, 6.45) is -1.93. The Morgan fingerprint density at radius 1 is 0.459 bits per heavy atom. The summed E-state index contributed by atoms with van der Waals surface area (Å²) in [5.74, 6) is -10.2. The van der Waals surface area contributed by atoms with E-state index in [1.54, 1.807) is 71.9 Å². The van der Waals surface area contributed by atoms with Crippen LogP contribution in [0.2, 0.25) is 0 Å². The van der Waals surface area contributed by atoms with Crippen LogP contribution in [0.1, 0.15) is 65.2 Å². The van der Waals surface area contributed by atoms with E-state index < -0.39 is 133 Å². The topological polar surface area (TPSA) is 377 Å². The van der Waals surface area contributed by atoms with Gasteiger partial charge in [-0.3, -0.25) is 38.4 Å². The second-order valence-electron chi connectivity index (χ2n) is 18.9. The number of rotatable bonds is 28. The maximum Gasteiger partial charge on any atom is 0.326 e. The Bertz CT molecular complexity index is 2380. The molecule has 0 aliphatic rings. The molecule has 23 nitrogen and oxygen atoms in total. The van der Waals surface area contributed by atoms with Crippen molar-refractivity contribution >= 4 is 53.2 Å². The summed E-state index contributed by atoms with van der Waals surface area (Å²) < 4.78 is 0. The molecule has 8 amide bonds. The summed E-state index contributed by atoms with van der Waals surface area (Å²) in [5.41, 5.74) is 7.60. The Balaban J connectivity index is 1.74. The Hall–Kier alpha value is -7.63. The second-order valence-corrected chi connectivity index (χ2v) is 18.9. The molecule has 3 aromatic rings. The summed E-state index contributed by atoms with van der Waals surface area (Å²) in [6.45, 7) is 9.21. The van der Waals surface area contributed by atoms with Crippen molar-refractivity contribution < 1.29 is 68.7 Å². The van der Waals surface area contributed by atoms with Crippen LogP contribution in [0.4, 0.5) is 0 Å². The van der Waals surface area contributed by atoms with Crippen LogP contribution in [-0.4, -0.2) is 146 Å². The van der Waals surface area contributed by atoms with Gasteiger partial charge in [0.05, 0.1) is 25.3 Å². The van der Waals surface area contributed by atoms with Crippen LogP contribution in [0.5, 0.6) is 11.5 Å². The van der Waals surface area contributed by atoms with Gasteiger partial charge in [0.25, 0.3) is 0 Å². The first-order valence-corrected chi connectivity index (χ1v) is 24.1. The Morgan fingerprint density at radius 3 is 1.32 bits per heavy atom. The standard InChI is InChI=1S/C51H71N9O14/c1-26(2)40(52)47(69)55-36(22-32-15-19-34(64)20-16-32)45(67)57-38(25-61)46(68)54-35(21-31-13-17-33(63)18-14-31)44(66)53-24-39(65)58-41(27(3)4)49(71)60-43(29(7)62)50(72)59-42(28(5)6)48(70)56-37(51(73)74)23-30-11-9-8-10-12-30/h8-20,26-29,35-38,40-43,61-64H,21-25,52H2,1-7H3,(H,53,66)(H,54,68)(H,55,69)(H,56,70)(H,57,67)(H,58,65)(H,59,72)(H,60,71)(H,73,74)/t29-,35+,36+,37+,38+,40+,41+,42+,43+/m1/s1. The van der Waals surface area contributed by atoms with Gasteiger partial charge in [-0.25, -0.2) is 4.79 Å².